The molecule has 0 spiro atoms. The van der Waals surface area contributed by atoms with Crippen LogP contribution in [0.3, 0.4) is 0 Å². The average molecular weight is 343 g/mol. The van der Waals surface area contributed by atoms with E-state index in [-0.39, 0.29) is 19.1 Å². The fourth-order valence-corrected chi connectivity index (χ4v) is 2.36. The van der Waals surface area contributed by atoms with Gasteiger partial charge in [0.2, 0.25) is 5.91 Å². The molecule has 0 aromatic heterocycles. The molecule has 0 aromatic carbocycles. The number of nitrogens with zero attached hydrogens (tertiary/aromatic N) is 1. The second kappa shape index (κ2) is 16.5. The molecular weight excluding hydrogens is 310 g/mol. The van der Waals surface area contributed by atoms with Crippen molar-refractivity contribution >= 4 is 11.9 Å². The van der Waals surface area contributed by atoms with Crippen LogP contribution >= 0.6 is 0 Å². The molecule has 2 N–H and O–H groups in total. The number of hydrogen-bond acceptors (Lipinski definition) is 4. The molecule has 0 rings (SSSR count). The molecule has 6 nitrogen and oxygen atoms in total. The maximum absolute atomic E-state index is 12.0. The fourth-order valence-electron chi connectivity index (χ4n) is 2.36. The van der Waals surface area contributed by atoms with Crippen molar-refractivity contribution in [3.05, 3.63) is 12.2 Å². The standard InChI is InChI=1S/C18H33NO5/c1-2-3-4-5-6-7-8-9-12-19(13-15-24-16-14-20)17(21)10-11-18(22)23/h10-11,20H,2-9,12-16H2,1H3,(H,22,23)/b11-10-. The van der Waals surface area contributed by atoms with Crippen LogP contribution in [-0.2, 0) is 14.3 Å². The van der Waals surface area contributed by atoms with Crippen molar-refractivity contribution in [2.45, 2.75) is 58.3 Å². The first-order chi connectivity index (χ1) is 11.6. The lowest BCUT2D eigenvalue weighted by atomic mass is 10.1. The number of carbonyl (C=O) groups excluding carboxylic acids is 1. The van der Waals surface area contributed by atoms with Gasteiger partial charge in [-0.25, -0.2) is 4.79 Å². The van der Waals surface area contributed by atoms with E-state index in [4.69, 9.17) is 14.9 Å². The Balaban J connectivity index is 4.05. The van der Waals surface area contributed by atoms with Gasteiger partial charge in [0.15, 0.2) is 0 Å². The van der Waals surface area contributed by atoms with E-state index in [0.29, 0.717) is 19.7 Å². The van der Waals surface area contributed by atoms with Crippen LogP contribution in [0.4, 0.5) is 0 Å². The molecule has 0 aromatic rings. The molecule has 0 fully saturated rings. The molecule has 0 radical (unpaired) electrons. The van der Waals surface area contributed by atoms with Gasteiger partial charge in [-0.3, -0.25) is 4.79 Å². The molecule has 140 valence electrons. The van der Waals surface area contributed by atoms with Crippen molar-refractivity contribution < 1.29 is 24.5 Å². The van der Waals surface area contributed by atoms with Crippen molar-refractivity contribution in [1.29, 1.82) is 0 Å². The van der Waals surface area contributed by atoms with Crippen LogP contribution in [0.25, 0.3) is 0 Å². The Kier molecular flexibility index (Phi) is 15.5. The summed E-state index contributed by atoms with van der Waals surface area (Å²) < 4.78 is 5.19. The van der Waals surface area contributed by atoms with Crippen LogP contribution < -0.4 is 0 Å². The van der Waals surface area contributed by atoms with Gasteiger partial charge in [0, 0.05) is 25.2 Å². The number of carboxylic acids is 1. The molecular formula is C18H33NO5. The third-order valence-electron chi connectivity index (χ3n) is 3.70. The minimum atomic E-state index is -1.13. The zero-order valence-corrected chi connectivity index (χ0v) is 14.9. The van der Waals surface area contributed by atoms with Gasteiger partial charge in [0.25, 0.3) is 0 Å². The van der Waals surface area contributed by atoms with Gasteiger partial charge >= 0.3 is 5.97 Å². The highest BCUT2D eigenvalue weighted by molar-refractivity contribution is 5.93. The van der Waals surface area contributed by atoms with E-state index in [2.05, 4.69) is 6.92 Å². The number of rotatable bonds is 16. The molecule has 0 heterocycles. The van der Waals surface area contributed by atoms with Crippen molar-refractivity contribution in [2.75, 3.05) is 32.9 Å². The second-order valence-electron chi connectivity index (χ2n) is 5.81. The molecule has 0 aliphatic carbocycles. The minimum absolute atomic E-state index is 0.0507. The second-order valence-corrected chi connectivity index (χ2v) is 5.81. The molecule has 0 saturated carbocycles. The van der Waals surface area contributed by atoms with Crippen LogP contribution in [0.15, 0.2) is 12.2 Å². The summed E-state index contributed by atoms with van der Waals surface area (Å²) in [5.41, 5.74) is 0. The summed E-state index contributed by atoms with van der Waals surface area (Å²) in [4.78, 5) is 24.1. The van der Waals surface area contributed by atoms with Crippen LogP contribution in [0.2, 0.25) is 0 Å². The Morgan fingerprint density at radius 1 is 0.917 bits per heavy atom. The molecule has 0 aliphatic rings. The summed E-state index contributed by atoms with van der Waals surface area (Å²) in [7, 11) is 0. The topological polar surface area (TPSA) is 87.1 Å². The summed E-state index contributed by atoms with van der Waals surface area (Å²) in [5.74, 6) is -1.44. The van der Waals surface area contributed by atoms with Gasteiger partial charge in [-0.1, -0.05) is 51.9 Å². The summed E-state index contributed by atoms with van der Waals surface area (Å²) in [6.07, 6.45) is 11.4. The van der Waals surface area contributed by atoms with Gasteiger partial charge in [-0.15, -0.1) is 0 Å². The smallest absolute Gasteiger partial charge is 0.328 e. The third kappa shape index (κ3) is 14.2. The number of hydrogen-bond donors (Lipinski definition) is 2. The zero-order valence-electron chi connectivity index (χ0n) is 14.9. The Bertz CT molecular complexity index is 357. The van der Waals surface area contributed by atoms with Gasteiger partial charge in [-0.05, 0) is 6.42 Å². The van der Waals surface area contributed by atoms with Gasteiger partial charge in [0.05, 0.1) is 19.8 Å². The first kappa shape index (κ1) is 22.6. The van der Waals surface area contributed by atoms with E-state index < -0.39 is 5.97 Å². The van der Waals surface area contributed by atoms with E-state index in [1.54, 1.807) is 4.90 Å². The highest BCUT2D eigenvalue weighted by atomic mass is 16.5. The largest absolute Gasteiger partial charge is 0.478 e. The quantitative estimate of drug-likeness (QED) is 0.332. The van der Waals surface area contributed by atoms with Crippen LogP contribution in [0.5, 0.6) is 0 Å². The van der Waals surface area contributed by atoms with Crippen molar-refractivity contribution in [1.82, 2.24) is 4.90 Å². The SMILES string of the molecule is CCCCCCCCCCN(CCOCCO)C(=O)/C=C\C(=O)O. The summed E-state index contributed by atoms with van der Waals surface area (Å²) in [6.45, 7) is 3.73. The van der Waals surface area contributed by atoms with Gasteiger partial charge < -0.3 is 19.8 Å². The molecule has 0 saturated heterocycles. The number of ether oxygens (including phenoxy) is 1. The number of aliphatic hydroxyl groups excluding tert-OH is 1. The van der Waals surface area contributed by atoms with Gasteiger partial charge in [0.1, 0.15) is 0 Å². The first-order valence-corrected chi connectivity index (χ1v) is 9.00. The molecule has 1 amide bonds. The minimum Gasteiger partial charge on any atom is -0.478 e. The number of aliphatic hydroxyl groups is 1. The highest BCUT2D eigenvalue weighted by Crippen LogP contribution is 2.09. The molecule has 24 heavy (non-hydrogen) atoms. The maximum atomic E-state index is 12.0. The zero-order chi connectivity index (χ0) is 18.0. The van der Waals surface area contributed by atoms with Crippen molar-refractivity contribution in [2.24, 2.45) is 0 Å². The van der Waals surface area contributed by atoms with Gasteiger partial charge in [-0.2, -0.15) is 0 Å². The molecule has 6 heteroatoms. The third-order valence-corrected chi connectivity index (χ3v) is 3.70. The Morgan fingerprint density at radius 2 is 1.54 bits per heavy atom. The van der Waals surface area contributed by atoms with Crippen molar-refractivity contribution in [3.8, 4) is 0 Å². The summed E-state index contributed by atoms with van der Waals surface area (Å²) in [5, 5.41) is 17.3. The predicted octanol–water partition coefficient (Wildman–Crippen LogP) is 2.61. The van der Waals surface area contributed by atoms with Crippen LogP contribution in [0, 0.1) is 0 Å². The normalized spacial score (nSPS) is 11.1. The average Bonchev–Trinajstić information content (AvgIpc) is 2.56. The number of amides is 1. The lowest BCUT2D eigenvalue weighted by Gasteiger charge is -2.21. The lowest BCUT2D eigenvalue weighted by molar-refractivity contribution is -0.132. The number of carbonyl (C=O) groups is 2. The van der Waals surface area contributed by atoms with E-state index >= 15 is 0 Å². The molecule has 0 bridgehead atoms. The van der Waals surface area contributed by atoms with E-state index in [0.717, 1.165) is 31.4 Å². The number of carboxylic acid groups (broad SMARTS) is 1. The summed E-state index contributed by atoms with van der Waals surface area (Å²) >= 11 is 0. The van der Waals surface area contributed by atoms with E-state index in [1.165, 1.54) is 32.1 Å². The van der Waals surface area contributed by atoms with E-state index in [9.17, 15) is 9.59 Å². The molecule has 0 atom stereocenters. The Hall–Kier alpha value is -1.40. The van der Waals surface area contributed by atoms with E-state index in [1.807, 2.05) is 0 Å². The number of aliphatic carboxylic acids is 1. The summed E-state index contributed by atoms with van der Waals surface area (Å²) in [6, 6.07) is 0. The maximum Gasteiger partial charge on any atom is 0.328 e. The Morgan fingerprint density at radius 3 is 2.12 bits per heavy atom. The van der Waals surface area contributed by atoms with Crippen molar-refractivity contribution in [3.63, 3.8) is 0 Å². The first-order valence-electron chi connectivity index (χ1n) is 9.00. The Labute approximate surface area is 145 Å². The fraction of sp³-hybridized carbons (Fsp3) is 0.778. The predicted molar refractivity (Wildman–Crippen MR) is 93.9 cm³/mol. The highest BCUT2D eigenvalue weighted by Gasteiger charge is 2.10. The molecule has 0 aliphatic heterocycles. The molecule has 0 unspecified atom stereocenters. The van der Waals surface area contributed by atoms with Crippen LogP contribution in [0.1, 0.15) is 58.3 Å². The monoisotopic (exact) mass is 343 g/mol. The van der Waals surface area contributed by atoms with Crippen LogP contribution in [-0.4, -0.2) is 59.9 Å². The number of unbranched alkanes of at least 4 members (excludes halogenated alkanes) is 7. The lowest BCUT2D eigenvalue weighted by Crippen LogP contribution is -2.34.